The van der Waals surface area contributed by atoms with E-state index in [1.54, 1.807) is 0 Å². The highest BCUT2D eigenvalue weighted by Gasteiger charge is 2.10. The monoisotopic (exact) mass is 508 g/mol. The quantitative estimate of drug-likeness (QED) is 0.0957. The Kier molecular flexibility index (Phi) is 16.9. The van der Waals surface area contributed by atoms with Crippen LogP contribution in [0.25, 0.3) is 11.1 Å². The van der Waals surface area contributed by atoms with Crippen LogP contribution in [0.2, 0.25) is 0 Å². The number of esters is 2. The number of rotatable bonds is 21. The van der Waals surface area contributed by atoms with Gasteiger partial charge in [-0.05, 0) is 30.9 Å². The van der Waals surface area contributed by atoms with E-state index >= 15 is 0 Å². The van der Waals surface area contributed by atoms with Crippen LogP contribution in [0.15, 0.2) is 54.6 Å². The van der Waals surface area contributed by atoms with Crippen LogP contribution in [0, 0.1) is 0 Å². The van der Waals surface area contributed by atoms with Gasteiger partial charge in [-0.15, -0.1) is 0 Å². The second kappa shape index (κ2) is 20.4. The zero-order valence-corrected chi connectivity index (χ0v) is 23.1. The third-order valence-electron chi connectivity index (χ3n) is 6.72. The molecule has 4 nitrogen and oxygen atoms in total. The van der Waals surface area contributed by atoms with Crippen molar-refractivity contribution >= 4 is 11.9 Å². The second-order valence-corrected chi connectivity index (χ2v) is 10.0. The number of carbonyl (C=O) groups is 2. The van der Waals surface area contributed by atoms with E-state index in [1.807, 2.05) is 54.6 Å². The van der Waals surface area contributed by atoms with Crippen molar-refractivity contribution in [2.45, 2.75) is 116 Å². The topological polar surface area (TPSA) is 52.6 Å². The van der Waals surface area contributed by atoms with Crippen molar-refractivity contribution < 1.29 is 19.1 Å². The number of hydrogen-bond donors (Lipinski definition) is 0. The third-order valence-corrected chi connectivity index (χ3v) is 6.72. The van der Waals surface area contributed by atoms with Crippen LogP contribution in [0.5, 0.6) is 5.75 Å². The van der Waals surface area contributed by atoms with Gasteiger partial charge in [0, 0.05) is 18.4 Å². The Morgan fingerprint density at radius 2 is 1.08 bits per heavy atom. The molecule has 2 aromatic rings. The Labute approximate surface area is 225 Å². The predicted molar refractivity (Wildman–Crippen MR) is 153 cm³/mol. The summed E-state index contributed by atoms with van der Waals surface area (Å²) in [5, 5.41) is 0. The number of benzene rings is 2. The van der Waals surface area contributed by atoms with Gasteiger partial charge in [0.1, 0.15) is 5.75 Å². The SMILES string of the molecule is CCCCCCCCCCCOC(=O)CCCCCCCCC(=O)Oc1ccccc1-c1ccccc1. The molecule has 0 fully saturated rings. The van der Waals surface area contributed by atoms with E-state index in [4.69, 9.17) is 9.47 Å². The van der Waals surface area contributed by atoms with Gasteiger partial charge in [0.15, 0.2) is 0 Å². The van der Waals surface area contributed by atoms with Crippen molar-refractivity contribution in [2.75, 3.05) is 6.61 Å². The molecule has 0 bridgehead atoms. The summed E-state index contributed by atoms with van der Waals surface area (Å²) in [7, 11) is 0. The maximum absolute atomic E-state index is 12.3. The number of para-hydroxylation sites is 1. The molecular formula is C33H48O4. The standard InChI is InChI=1S/C33H48O4/c1-2-3-4-5-6-7-10-13-21-28-36-32(34)26-17-11-8-9-12-18-27-33(35)37-31-25-20-19-24-30(31)29-22-15-14-16-23-29/h14-16,19-20,22-25H,2-13,17-18,21,26-28H2,1H3. The van der Waals surface area contributed by atoms with E-state index in [2.05, 4.69) is 6.92 Å². The molecule has 0 spiro atoms. The summed E-state index contributed by atoms with van der Waals surface area (Å²) >= 11 is 0. The molecule has 0 saturated carbocycles. The number of unbranched alkanes of at least 4 members (excludes halogenated alkanes) is 13. The molecule has 0 atom stereocenters. The molecule has 0 N–H and O–H groups in total. The van der Waals surface area contributed by atoms with Crippen molar-refractivity contribution in [2.24, 2.45) is 0 Å². The lowest BCUT2D eigenvalue weighted by Crippen LogP contribution is -2.08. The number of ether oxygens (including phenoxy) is 2. The average molecular weight is 509 g/mol. The van der Waals surface area contributed by atoms with Crippen molar-refractivity contribution in [1.29, 1.82) is 0 Å². The molecule has 0 amide bonds. The Morgan fingerprint density at radius 3 is 1.73 bits per heavy atom. The second-order valence-electron chi connectivity index (χ2n) is 10.0. The fourth-order valence-corrected chi connectivity index (χ4v) is 4.50. The first-order valence-corrected chi connectivity index (χ1v) is 14.7. The van der Waals surface area contributed by atoms with Crippen molar-refractivity contribution in [3.05, 3.63) is 54.6 Å². The smallest absolute Gasteiger partial charge is 0.311 e. The summed E-state index contributed by atoms with van der Waals surface area (Å²) in [6, 6.07) is 17.6. The average Bonchev–Trinajstić information content (AvgIpc) is 2.92. The van der Waals surface area contributed by atoms with Gasteiger partial charge in [-0.2, -0.15) is 0 Å². The molecule has 37 heavy (non-hydrogen) atoms. The summed E-state index contributed by atoms with van der Waals surface area (Å²) in [5.41, 5.74) is 1.97. The maximum atomic E-state index is 12.3. The van der Waals surface area contributed by atoms with Crippen molar-refractivity contribution in [3.8, 4) is 16.9 Å². The van der Waals surface area contributed by atoms with E-state index in [-0.39, 0.29) is 11.9 Å². The van der Waals surface area contributed by atoms with Crippen molar-refractivity contribution in [1.82, 2.24) is 0 Å². The van der Waals surface area contributed by atoms with Crippen molar-refractivity contribution in [3.63, 3.8) is 0 Å². The number of hydrogen-bond acceptors (Lipinski definition) is 4. The Balaban J connectivity index is 1.42. The molecule has 0 unspecified atom stereocenters. The van der Waals surface area contributed by atoms with Gasteiger partial charge in [-0.1, -0.05) is 133 Å². The Morgan fingerprint density at radius 1 is 0.568 bits per heavy atom. The van der Waals surface area contributed by atoms with Crippen LogP contribution in [0.3, 0.4) is 0 Å². The first-order valence-electron chi connectivity index (χ1n) is 14.7. The number of carbonyl (C=O) groups excluding carboxylic acids is 2. The lowest BCUT2D eigenvalue weighted by Gasteiger charge is -2.10. The first kappa shape index (κ1) is 30.6. The van der Waals surface area contributed by atoms with Crippen LogP contribution >= 0.6 is 0 Å². The highest BCUT2D eigenvalue weighted by molar-refractivity contribution is 5.78. The van der Waals surface area contributed by atoms with E-state index in [9.17, 15) is 9.59 Å². The maximum Gasteiger partial charge on any atom is 0.311 e. The lowest BCUT2D eigenvalue weighted by molar-refractivity contribution is -0.144. The first-order chi connectivity index (χ1) is 18.2. The molecule has 0 aliphatic heterocycles. The van der Waals surface area contributed by atoms with E-state index in [1.165, 1.54) is 44.9 Å². The van der Waals surface area contributed by atoms with Gasteiger partial charge in [0.25, 0.3) is 0 Å². The minimum absolute atomic E-state index is 0.0573. The summed E-state index contributed by atoms with van der Waals surface area (Å²) < 4.78 is 11.0. The Bertz CT molecular complexity index is 862. The molecule has 0 aromatic heterocycles. The molecule has 0 heterocycles. The van der Waals surface area contributed by atoms with Gasteiger partial charge in [0.05, 0.1) is 6.61 Å². The predicted octanol–water partition coefficient (Wildman–Crippen LogP) is 9.45. The van der Waals surface area contributed by atoms with Crippen LogP contribution in [0.1, 0.15) is 116 Å². The van der Waals surface area contributed by atoms with E-state index in [0.29, 0.717) is 25.2 Å². The fraction of sp³-hybridized carbons (Fsp3) is 0.576. The van der Waals surface area contributed by atoms with Gasteiger partial charge in [-0.3, -0.25) is 9.59 Å². The van der Waals surface area contributed by atoms with Crippen LogP contribution in [-0.2, 0) is 14.3 Å². The summed E-state index contributed by atoms with van der Waals surface area (Å²) in [6.07, 6.45) is 18.3. The molecule has 2 rings (SSSR count). The van der Waals surface area contributed by atoms with E-state index in [0.717, 1.165) is 62.5 Å². The van der Waals surface area contributed by atoms with Gasteiger partial charge in [-0.25, -0.2) is 0 Å². The van der Waals surface area contributed by atoms with E-state index < -0.39 is 0 Å². The zero-order chi connectivity index (χ0) is 26.4. The lowest BCUT2D eigenvalue weighted by atomic mass is 10.0. The van der Waals surface area contributed by atoms with Gasteiger partial charge in [0.2, 0.25) is 0 Å². The molecule has 0 saturated heterocycles. The fourth-order valence-electron chi connectivity index (χ4n) is 4.50. The summed E-state index contributed by atoms with van der Waals surface area (Å²) in [6.45, 7) is 2.82. The minimum atomic E-state index is -0.182. The van der Waals surface area contributed by atoms with Gasteiger partial charge >= 0.3 is 11.9 Å². The molecule has 0 radical (unpaired) electrons. The molecule has 4 heteroatoms. The third kappa shape index (κ3) is 14.6. The van der Waals surface area contributed by atoms with Crippen LogP contribution in [0.4, 0.5) is 0 Å². The summed E-state index contributed by atoms with van der Waals surface area (Å²) in [5.74, 6) is 0.375. The van der Waals surface area contributed by atoms with Crippen LogP contribution < -0.4 is 4.74 Å². The molecule has 0 aliphatic rings. The highest BCUT2D eigenvalue weighted by atomic mass is 16.5. The van der Waals surface area contributed by atoms with Crippen LogP contribution in [-0.4, -0.2) is 18.5 Å². The molecular weight excluding hydrogens is 460 g/mol. The minimum Gasteiger partial charge on any atom is -0.466 e. The molecule has 204 valence electrons. The highest BCUT2D eigenvalue weighted by Crippen LogP contribution is 2.30. The zero-order valence-electron chi connectivity index (χ0n) is 23.1. The largest absolute Gasteiger partial charge is 0.466 e. The summed E-state index contributed by atoms with van der Waals surface area (Å²) in [4.78, 5) is 24.2. The Hall–Kier alpha value is -2.62. The molecule has 2 aromatic carbocycles. The normalized spacial score (nSPS) is 10.8. The molecule has 0 aliphatic carbocycles. The van der Waals surface area contributed by atoms with Gasteiger partial charge < -0.3 is 9.47 Å².